The van der Waals surface area contributed by atoms with Gasteiger partial charge >= 0.3 is 5.97 Å². The van der Waals surface area contributed by atoms with E-state index in [1.807, 2.05) is 6.92 Å². The van der Waals surface area contributed by atoms with E-state index >= 15 is 0 Å². The van der Waals surface area contributed by atoms with E-state index in [-0.39, 0.29) is 0 Å². The fourth-order valence-electron chi connectivity index (χ4n) is 2.91. The Labute approximate surface area is 120 Å². The fraction of sp³-hybridized carbons (Fsp3) is 0.562. The summed E-state index contributed by atoms with van der Waals surface area (Å²) in [5.74, 6) is -0.777. The largest absolute Gasteiger partial charge is 0.480 e. The average Bonchev–Trinajstić information content (AvgIpc) is 2.62. The zero-order valence-corrected chi connectivity index (χ0v) is 12.4. The summed E-state index contributed by atoms with van der Waals surface area (Å²) in [6.07, 6.45) is 2.00. The maximum absolute atomic E-state index is 11.5. The van der Waals surface area contributed by atoms with Crippen molar-refractivity contribution in [2.45, 2.75) is 32.2 Å². The summed E-state index contributed by atoms with van der Waals surface area (Å²) in [5.41, 5.74) is 1.93. The van der Waals surface area contributed by atoms with Crippen LogP contribution in [0.5, 0.6) is 0 Å². The number of benzene rings is 1. The molecule has 0 radical (unpaired) electrons. The van der Waals surface area contributed by atoms with Gasteiger partial charge < -0.3 is 15.3 Å². The Bertz CT molecular complexity index is 448. The number of rotatable bonds is 5. The van der Waals surface area contributed by atoms with E-state index in [0.29, 0.717) is 13.1 Å². The van der Waals surface area contributed by atoms with Crippen molar-refractivity contribution in [3.63, 3.8) is 0 Å². The molecule has 1 aromatic carbocycles. The molecular weight excluding hydrogens is 252 g/mol. The highest BCUT2D eigenvalue weighted by Gasteiger charge is 2.34. The minimum atomic E-state index is -0.870. The molecule has 0 saturated heterocycles. The monoisotopic (exact) mass is 276 g/mol. The van der Waals surface area contributed by atoms with Crippen LogP contribution >= 0.6 is 0 Å². The molecule has 1 heterocycles. The summed E-state index contributed by atoms with van der Waals surface area (Å²) in [4.78, 5) is 13.8. The van der Waals surface area contributed by atoms with Crippen LogP contribution in [0.25, 0.3) is 0 Å². The highest BCUT2D eigenvalue weighted by atomic mass is 16.4. The lowest BCUT2D eigenvalue weighted by atomic mass is 10.0. The van der Waals surface area contributed by atoms with Crippen LogP contribution in [0.15, 0.2) is 24.3 Å². The fourth-order valence-corrected chi connectivity index (χ4v) is 2.91. The van der Waals surface area contributed by atoms with Gasteiger partial charge in [-0.15, -0.1) is 0 Å². The molecule has 0 aromatic heterocycles. The first-order chi connectivity index (χ1) is 9.55. The molecule has 0 fully saturated rings. The van der Waals surface area contributed by atoms with Crippen LogP contribution in [0, 0.1) is 0 Å². The molecule has 0 bridgehead atoms. The van der Waals surface area contributed by atoms with Crippen LogP contribution < -0.4 is 5.32 Å². The number of carbonyl (C=O) groups is 1. The Morgan fingerprint density at radius 2 is 1.85 bits per heavy atom. The molecule has 2 N–H and O–H groups in total. The minimum Gasteiger partial charge on any atom is -0.480 e. The SMILES string of the molecule is CCNC(C)(CN1CCc2ccccc2CC1)C(=O)O. The highest BCUT2D eigenvalue weighted by Crippen LogP contribution is 2.17. The van der Waals surface area contributed by atoms with Crippen LogP contribution in [-0.2, 0) is 17.6 Å². The number of nitrogens with zero attached hydrogens (tertiary/aromatic N) is 1. The molecular formula is C16H24N2O2. The first-order valence-corrected chi connectivity index (χ1v) is 7.33. The predicted molar refractivity (Wildman–Crippen MR) is 80.0 cm³/mol. The first kappa shape index (κ1) is 15.0. The number of hydrogen-bond donors (Lipinski definition) is 2. The molecule has 1 aliphatic heterocycles. The Morgan fingerprint density at radius 1 is 1.30 bits per heavy atom. The molecule has 1 aliphatic rings. The Kier molecular flexibility index (Phi) is 4.78. The summed E-state index contributed by atoms with van der Waals surface area (Å²) >= 11 is 0. The molecule has 1 unspecified atom stereocenters. The van der Waals surface area contributed by atoms with Crippen molar-refractivity contribution >= 4 is 5.97 Å². The number of carboxylic acid groups (broad SMARTS) is 1. The van der Waals surface area contributed by atoms with Crippen molar-refractivity contribution in [1.82, 2.24) is 10.2 Å². The Morgan fingerprint density at radius 3 is 2.30 bits per heavy atom. The molecule has 0 saturated carbocycles. The predicted octanol–water partition coefficient (Wildman–Crippen LogP) is 1.54. The normalized spacial score (nSPS) is 18.9. The van der Waals surface area contributed by atoms with Gasteiger partial charge in [-0.25, -0.2) is 0 Å². The molecule has 4 nitrogen and oxygen atoms in total. The van der Waals surface area contributed by atoms with Crippen molar-refractivity contribution < 1.29 is 9.90 Å². The number of fused-ring (bicyclic) bond motifs is 1. The number of aliphatic carboxylic acids is 1. The van der Waals surface area contributed by atoms with Gasteiger partial charge in [0.25, 0.3) is 0 Å². The van der Waals surface area contributed by atoms with Gasteiger partial charge in [-0.1, -0.05) is 31.2 Å². The molecule has 20 heavy (non-hydrogen) atoms. The third-order valence-corrected chi connectivity index (χ3v) is 4.09. The standard InChI is InChI=1S/C16H24N2O2/c1-3-17-16(2,15(19)20)12-18-10-8-13-6-4-5-7-14(13)9-11-18/h4-7,17H,3,8-12H2,1-2H3,(H,19,20). The molecule has 1 atom stereocenters. The van der Waals surface area contributed by atoms with Crippen molar-refractivity contribution in [3.8, 4) is 0 Å². The zero-order valence-electron chi connectivity index (χ0n) is 12.4. The van der Waals surface area contributed by atoms with Crippen LogP contribution in [-0.4, -0.2) is 47.7 Å². The number of nitrogens with one attached hydrogen (secondary N) is 1. The molecule has 4 heteroatoms. The first-order valence-electron chi connectivity index (χ1n) is 7.33. The summed E-state index contributed by atoms with van der Waals surface area (Å²) in [5, 5.41) is 12.6. The maximum Gasteiger partial charge on any atom is 0.324 e. The molecule has 110 valence electrons. The van der Waals surface area contributed by atoms with Crippen molar-refractivity contribution in [1.29, 1.82) is 0 Å². The zero-order chi connectivity index (χ0) is 14.6. The van der Waals surface area contributed by atoms with E-state index in [1.165, 1.54) is 11.1 Å². The Hall–Kier alpha value is -1.39. The lowest BCUT2D eigenvalue weighted by molar-refractivity contribution is -0.145. The van der Waals surface area contributed by atoms with Crippen molar-refractivity contribution in [2.75, 3.05) is 26.2 Å². The summed E-state index contributed by atoms with van der Waals surface area (Å²) < 4.78 is 0. The topological polar surface area (TPSA) is 52.6 Å². The summed E-state index contributed by atoms with van der Waals surface area (Å²) in [6, 6.07) is 8.52. The third kappa shape index (κ3) is 3.38. The van der Waals surface area contributed by atoms with Crippen molar-refractivity contribution in [3.05, 3.63) is 35.4 Å². The average molecular weight is 276 g/mol. The second-order valence-electron chi connectivity index (χ2n) is 5.71. The smallest absolute Gasteiger partial charge is 0.324 e. The second kappa shape index (κ2) is 6.37. The quantitative estimate of drug-likeness (QED) is 0.856. The lowest BCUT2D eigenvalue weighted by Gasteiger charge is -2.32. The number of carboxylic acids is 1. The third-order valence-electron chi connectivity index (χ3n) is 4.09. The van der Waals surface area contributed by atoms with Crippen LogP contribution in [0.2, 0.25) is 0 Å². The highest BCUT2D eigenvalue weighted by molar-refractivity contribution is 5.78. The van der Waals surface area contributed by atoms with Crippen LogP contribution in [0.3, 0.4) is 0 Å². The van der Waals surface area contributed by atoms with Gasteiger partial charge in [-0.05, 0) is 37.4 Å². The second-order valence-corrected chi connectivity index (χ2v) is 5.71. The molecule has 0 spiro atoms. The molecule has 0 amide bonds. The van der Waals surface area contributed by atoms with Crippen molar-refractivity contribution in [2.24, 2.45) is 0 Å². The maximum atomic E-state index is 11.5. The van der Waals surface area contributed by atoms with E-state index < -0.39 is 11.5 Å². The molecule has 1 aromatic rings. The van der Waals surface area contributed by atoms with E-state index in [0.717, 1.165) is 25.9 Å². The molecule has 2 rings (SSSR count). The Balaban J connectivity index is 2.03. The van der Waals surface area contributed by atoms with Gasteiger partial charge in [0, 0.05) is 19.6 Å². The van der Waals surface area contributed by atoms with E-state index in [4.69, 9.17) is 0 Å². The summed E-state index contributed by atoms with van der Waals surface area (Å²) in [7, 11) is 0. The van der Waals surface area contributed by atoms with Gasteiger partial charge in [0.1, 0.15) is 5.54 Å². The lowest BCUT2D eigenvalue weighted by Crippen LogP contribution is -2.57. The van der Waals surface area contributed by atoms with Gasteiger partial charge in [-0.2, -0.15) is 0 Å². The van der Waals surface area contributed by atoms with E-state index in [1.54, 1.807) is 6.92 Å². The van der Waals surface area contributed by atoms with Gasteiger partial charge in [0.2, 0.25) is 0 Å². The summed E-state index contributed by atoms with van der Waals surface area (Å²) in [6.45, 7) is 6.77. The minimum absolute atomic E-state index is 0.546. The number of likely N-dealkylation sites (N-methyl/N-ethyl adjacent to an activating group) is 1. The van der Waals surface area contributed by atoms with Gasteiger partial charge in [-0.3, -0.25) is 4.79 Å². The van der Waals surface area contributed by atoms with Gasteiger partial charge in [0.05, 0.1) is 0 Å². The van der Waals surface area contributed by atoms with Crippen LogP contribution in [0.1, 0.15) is 25.0 Å². The van der Waals surface area contributed by atoms with Crippen LogP contribution in [0.4, 0.5) is 0 Å². The number of hydrogen-bond acceptors (Lipinski definition) is 3. The van der Waals surface area contributed by atoms with Gasteiger partial charge in [0.15, 0.2) is 0 Å². The van der Waals surface area contributed by atoms with E-state index in [2.05, 4.69) is 34.5 Å². The van der Waals surface area contributed by atoms with E-state index in [9.17, 15) is 9.90 Å². The molecule has 0 aliphatic carbocycles.